The predicted molar refractivity (Wildman–Crippen MR) is 81.7 cm³/mol. The minimum atomic E-state index is 0.0200. The molecule has 20 heavy (non-hydrogen) atoms. The van der Waals surface area contributed by atoms with Crippen LogP contribution in [0, 0.1) is 0 Å². The van der Waals surface area contributed by atoms with E-state index >= 15 is 0 Å². The normalized spacial score (nSPS) is 18.3. The van der Waals surface area contributed by atoms with Gasteiger partial charge in [0.1, 0.15) is 0 Å². The van der Waals surface area contributed by atoms with Gasteiger partial charge in [-0.3, -0.25) is 4.79 Å². The molecule has 1 aliphatic heterocycles. The predicted octanol–water partition coefficient (Wildman–Crippen LogP) is 2.25. The Morgan fingerprint density at radius 3 is 2.85 bits per heavy atom. The average molecular weight is 268 g/mol. The molecule has 2 aromatic rings. The van der Waals surface area contributed by atoms with E-state index in [-0.39, 0.29) is 11.9 Å². The number of carbonyl (C=O) groups is 1. The van der Waals surface area contributed by atoms with Crippen LogP contribution in [0.5, 0.6) is 0 Å². The second kappa shape index (κ2) is 6.06. The van der Waals surface area contributed by atoms with Crippen molar-refractivity contribution >= 4 is 16.7 Å². The molecule has 1 heterocycles. The molecule has 1 atom stereocenters. The van der Waals surface area contributed by atoms with E-state index in [4.69, 9.17) is 0 Å². The Bertz CT molecular complexity index is 603. The molecule has 0 saturated carbocycles. The highest BCUT2D eigenvalue weighted by atomic mass is 16.2. The van der Waals surface area contributed by atoms with Gasteiger partial charge < -0.3 is 10.6 Å². The van der Waals surface area contributed by atoms with Crippen LogP contribution in [0.2, 0.25) is 0 Å². The number of fused-ring (bicyclic) bond motifs is 1. The summed E-state index contributed by atoms with van der Waals surface area (Å²) in [5.74, 6) is 0.142. The van der Waals surface area contributed by atoms with Crippen molar-refractivity contribution in [3.8, 4) is 0 Å². The topological polar surface area (TPSA) is 41.1 Å². The molecule has 0 radical (unpaired) electrons. The van der Waals surface area contributed by atoms with Crippen molar-refractivity contribution in [2.24, 2.45) is 0 Å². The molecule has 1 saturated heterocycles. The van der Waals surface area contributed by atoms with Crippen LogP contribution in [0.4, 0.5) is 0 Å². The Morgan fingerprint density at radius 1 is 1.20 bits per heavy atom. The number of rotatable bonds is 4. The number of hydrogen-bond acceptors (Lipinski definition) is 2. The standard InChI is InChI=1S/C17H20N2O/c20-17(16-6-3-10-18-16)19-11-9-13-7-8-14-4-1-2-5-15(14)12-13/h1-2,4-5,7-8,12,16,18H,3,6,9-11H2,(H,19,20). The van der Waals surface area contributed by atoms with Crippen LogP contribution >= 0.6 is 0 Å². The van der Waals surface area contributed by atoms with Crippen LogP contribution in [0.3, 0.4) is 0 Å². The summed E-state index contributed by atoms with van der Waals surface area (Å²) < 4.78 is 0. The molecule has 3 nitrogen and oxygen atoms in total. The SMILES string of the molecule is O=C(NCCc1ccc2ccccc2c1)C1CCCN1. The van der Waals surface area contributed by atoms with Gasteiger partial charge in [0.2, 0.25) is 5.91 Å². The van der Waals surface area contributed by atoms with E-state index in [0.29, 0.717) is 6.54 Å². The number of hydrogen-bond donors (Lipinski definition) is 2. The molecule has 104 valence electrons. The van der Waals surface area contributed by atoms with Gasteiger partial charge in [-0.1, -0.05) is 42.5 Å². The molecule has 3 heteroatoms. The van der Waals surface area contributed by atoms with E-state index < -0.39 is 0 Å². The molecular formula is C17H20N2O. The summed E-state index contributed by atoms with van der Waals surface area (Å²) in [5, 5.41) is 8.75. The zero-order valence-electron chi connectivity index (χ0n) is 11.6. The van der Waals surface area contributed by atoms with E-state index in [2.05, 4.69) is 53.1 Å². The highest BCUT2D eigenvalue weighted by molar-refractivity contribution is 5.83. The lowest BCUT2D eigenvalue weighted by Crippen LogP contribution is -2.41. The molecule has 0 aromatic heterocycles. The molecule has 1 amide bonds. The van der Waals surface area contributed by atoms with Crippen LogP contribution in [0.1, 0.15) is 18.4 Å². The van der Waals surface area contributed by atoms with Crippen LogP contribution in [0.25, 0.3) is 10.8 Å². The van der Waals surface area contributed by atoms with Crippen LogP contribution < -0.4 is 10.6 Å². The summed E-state index contributed by atoms with van der Waals surface area (Å²) in [6.07, 6.45) is 2.94. The summed E-state index contributed by atoms with van der Waals surface area (Å²) in [6, 6.07) is 14.9. The lowest BCUT2D eigenvalue weighted by Gasteiger charge is -2.11. The van der Waals surface area contributed by atoms with Crippen molar-refractivity contribution in [3.05, 3.63) is 48.0 Å². The summed E-state index contributed by atoms with van der Waals surface area (Å²) in [5.41, 5.74) is 1.27. The first-order valence-corrected chi connectivity index (χ1v) is 7.32. The molecule has 3 rings (SSSR count). The molecule has 1 fully saturated rings. The minimum Gasteiger partial charge on any atom is -0.354 e. The zero-order valence-corrected chi connectivity index (χ0v) is 11.6. The van der Waals surface area contributed by atoms with Gasteiger partial charge in [0.25, 0.3) is 0 Å². The van der Waals surface area contributed by atoms with Crippen molar-refractivity contribution in [3.63, 3.8) is 0 Å². The van der Waals surface area contributed by atoms with Gasteiger partial charge in [-0.25, -0.2) is 0 Å². The first kappa shape index (κ1) is 13.1. The second-order valence-electron chi connectivity index (χ2n) is 5.37. The van der Waals surface area contributed by atoms with Gasteiger partial charge in [0, 0.05) is 6.54 Å². The van der Waals surface area contributed by atoms with Crippen LogP contribution in [-0.2, 0) is 11.2 Å². The number of benzene rings is 2. The monoisotopic (exact) mass is 268 g/mol. The highest BCUT2D eigenvalue weighted by Crippen LogP contribution is 2.15. The van der Waals surface area contributed by atoms with E-state index in [0.717, 1.165) is 25.8 Å². The summed E-state index contributed by atoms with van der Waals surface area (Å²) in [7, 11) is 0. The van der Waals surface area contributed by atoms with Crippen molar-refractivity contribution in [1.82, 2.24) is 10.6 Å². The van der Waals surface area contributed by atoms with Gasteiger partial charge in [0.15, 0.2) is 0 Å². The third-order valence-corrected chi connectivity index (χ3v) is 3.90. The second-order valence-corrected chi connectivity index (χ2v) is 5.37. The van der Waals surface area contributed by atoms with Crippen molar-refractivity contribution in [2.45, 2.75) is 25.3 Å². The quantitative estimate of drug-likeness (QED) is 0.893. The van der Waals surface area contributed by atoms with Gasteiger partial charge in [-0.2, -0.15) is 0 Å². The van der Waals surface area contributed by atoms with Gasteiger partial charge in [-0.05, 0) is 42.1 Å². The van der Waals surface area contributed by atoms with Crippen molar-refractivity contribution in [2.75, 3.05) is 13.1 Å². The Kier molecular flexibility index (Phi) is 3.97. The maximum absolute atomic E-state index is 11.9. The molecule has 2 aromatic carbocycles. The Morgan fingerprint density at radius 2 is 2.05 bits per heavy atom. The lowest BCUT2D eigenvalue weighted by atomic mass is 10.1. The molecule has 0 bridgehead atoms. The largest absolute Gasteiger partial charge is 0.354 e. The highest BCUT2D eigenvalue weighted by Gasteiger charge is 2.21. The summed E-state index contributed by atoms with van der Waals surface area (Å²) in [4.78, 5) is 11.9. The molecule has 0 spiro atoms. The Hall–Kier alpha value is -1.87. The molecule has 1 unspecified atom stereocenters. The first-order chi connectivity index (χ1) is 9.83. The van der Waals surface area contributed by atoms with Gasteiger partial charge >= 0.3 is 0 Å². The molecule has 1 aliphatic rings. The van der Waals surface area contributed by atoms with Crippen LogP contribution in [0.15, 0.2) is 42.5 Å². The maximum Gasteiger partial charge on any atom is 0.237 e. The van der Waals surface area contributed by atoms with E-state index in [1.807, 2.05) is 0 Å². The van der Waals surface area contributed by atoms with Gasteiger partial charge in [-0.15, -0.1) is 0 Å². The number of carbonyl (C=O) groups excluding carboxylic acids is 1. The fourth-order valence-electron chi connectivity index (χ4n) is 2.76. The first-order valence-electron chi connectivity index (χ1n) is 7.32. The van der Waals surface area contributed by atoms with E-state index in [1.165, 1.54) is 16.3 Å². The number of amides is 1. The fraction of sp³-hybridized carbons (Fsp3) is 0.353. The van der Waals surface area contributed by atoms with Gasteiger partial charge in [0.05, 0.1) is 6.04 Å². The fourth-order valence-corrected chi connectivity index (χ4v) is 2.76. The van der Waals surface area contributed by atoms with E-state index in [1.54, 1.807) is 0 Å². The lowest BCUT2D eigenvalue weighted by molar-refractivity contribution is -0.122. The number of nitrogens with one attached hydrogen (secondary N) is 2. The average Bonchev–Trinajstić information content (AvgIpc) is 3.01. The third kappa shape index (κ3) is 2.99. The summed E-state index contributed by atoms with van der Waals surface area (Å²) >= 11 is 0. The van der Waals surface area contributed by atoms with Crippen LogP contribution in [-0.4, -0.2) is 25.0 Å². The van der Waals surface area contributed by atoms with Crippen molar-refractivity contribution in [1.29, 1.82) is 0 Å². The third-order valence-electron chi connectivity index (χ3n) is 3.90. The Balaban J connectivity index is 1.55. The minimum absolute atomic E-state index is 0.0200. The summed E-state index contributed by atoms with van der Waals surface area (Å²) in [6.45, 7) is 1.66. The zero-order chi connectivity index (χ0) is 13.8. The maximum atomic E-state index is 11.9. The van der Waals surface area contributed by atoms with Crippen molar-refractivity contribution < 1.29 is 4.79 Å². The molecule has 0 aliphatic carbocycles. The van der Waals surface area contributed by atoms with E-state index in [9.17, 15) is 4.79 Å². The molecule has 2 N–H and O–H groups in total. The smallest absolute Gasteiger partial charge is 0.237 e. The molecular weight excluding hydrogens is 248 g/mol. The Labute approximate surface area is 119 Å².